The third-order valence-electron chi connectivity index (χ3n) is 2.38. The molecule has 0 aliphatic heterocycles. The first kappa shape index (κ1) is 12.2. The Labute approximate surface area is 96.2 Å². The Morgan fingerprint density at radius 1 is 1.44 bits per heavy atom. The van der Waals surface area contributed by atoms with Crippen LogP contribution in [0.5, 0.6) is 0 Å². The molecule has 0 aromatic heterocycles. The Hall–Kier alpha value is -1.83. The van der Waals surface area contributed by atoms with Crippen molar-refractivity contribution in [1.29, 1.82) is 0 Å². The second-order valence-electron chi connectivity index (χ2n) is 3.55. The van der Waals surface area contributed by atoms with E-state index in [0.717, 1.165) is 5.56 Å². The van der Waals surface area contributed by atoms with Crippen molar-refractivity contribution in [2.24, 2.45) is 0 Å². The van der Waals surface area contributed by atoms with Crippen molar-refractivity contribution in [2.45, 2.75) is 6.92 Å². The number of hydrogen-bond donors (Lipinski definition) is 0. The van der Waals surface area contributed by atoms with E-state index < -0.39 is 0 Å². The second-order valence-corrected chi connectivity index (χ2v) is 3.55. The molecule has 0 saturated heterocycles. The van der Waals surface area contributed by atoms with Crippen LogP contribution < -0.4 is 4.90 Å². The molecule has 16 heavy (non-hydrogen) atoms. The first-order chi connectivity index (χ1) is 7.57. The number of anilines is 1. The fourth-order valence-electron chi connectivity index (χ4n) is 1.48. The van der Waals surface area contributed by atoms with Crippen molar-refractivity contribution in [1.82, 2.24) is 0 Å². The summed E-state index contributed by atoms with van der Waals surface area (Å²) >= 11 is 0. The zero-order chi connectivity index (χ0) is 12.1. The van der Waals surface area contributed by atoms with Crippen LogP contribution >= 0.6 is 0 Å². The van der Waals surface area contributed by atoms with E-state index in [4.69, 9.17) is 0 Å². The van der Waals surface area contributed by atoms with Crippen molar-refractivity contribution in [3.05, 3.63) is 66.7 Å². The van der Waals surface area contributed by atoms with E-state index in [1.807, 2.05) is 13.0 Å². The Morgan fingerprint density at radius 2 is 2.12 bits per heavy atom. The topological polar surface area (TPSA) is 3.24 Å². The molecule has 0 bridgehead atoms. The van der Waals surface area contributed by atoms with Crippen molar-refractivity contribution >= 4 is 5.69 Å². The van der Waals surface area contributed by atoms with Gasteiger partial charge in [0, 0.05) is 12.7 Å². The van der Waals surface area contributed by atoms with E-state index in [-0.39, 0.29) is 5.82 Å². The third-order valence-corrected chi connectivity index (χ3v) is 2.38. The molecule has 1 nitrogen and oxygen atoms in total. The van der Waals surface area contributed by atoms with Crippen molar-refractivity contribution in [3.8, 4) is 0 Å². The molecule has 84 valence electrons. The number of rotatable bonds is 4. The van der Waals surface area contributed by atoms with Gasteiger partial charge in [-0.1, -0.05) is 37.4 Å². The molecule has 0 aliphatic rings. The van der Waals surface area contributed by atoms with Gasteiger partial charge in [0.1, 0.15) is 5.82 Å². The molecule has 0 saturated carbocycles. The largest absolute Gasteiger partial charge is 0.343 e. The summed E-state index contributed by atoms with van der Waals surface area (Å²) < 4.78 is 13.7. The SMILES string of the molecule is C=CC=CC(=C)N(C)c1c(C)cccc1F. The van der Waals surface area contributed by atoms with E-state index in [1.165, 1.54) is 6.07 Å². The van der Waals surface area contributed by atoms with Crippen LogP contribution in [0.2, 0.25) is 0 Å². The Morgan fingerprint density at radius 3 is 2.69 bits per heavy atom. The molecule has 1 aromatic rings. The van der Waals surface area contributed by atoms with Gasteiger partial charge in [0.05, 0.1) is 5.69 Å². The fraction of sp³-hybridized carbons (Fsp3) is 0.143. The van der Waals surface area contributed by atoms with Crippen LogP contribution in [-0.4, -0.2) is 7.05 Å². The van der Waals surface area contributed by atoms with Crippen LogP contribution in [0.25, 0.3) is 0 Å². The highest BCUT2D eigenvalue weighted by atomic mass is 19.1. The Bertz CT molecular complexity index is 412. The van der Waals surface area contributed by atoms with E-state index in [1.54, 1.807) is 36.2 Å². The summed E-state index contributed by atoms with van der Waals surface area (Å²) in [5, 5.41) is 0. The number of benzene rings is 1. The van der Waals surface area contributed by atoms with Crippen molar-refractivity contribution in [3.63, 3.8) is 0 Å². The number of nitrogens with zero attached hydrogens (tertiary/aromatic N) is 1. The summed E-state index contributed by atoms with van der Waals surface area (Å²) in [4.78, 5) is 1.73. The average molecular weight is 217 g/mol. The minimum atomic E-state index is -0.240. The summed E-state index contributed by atoms with van der Waals surface area (Å²) in [5.74, 6) is -0.240. The molecule has 0 amide bonds. The quantitative estimate of drug-likeness (QED) is 0.693. The Kier molecular flexibility index (Phi) is 4.06. The van der Waals surface area contributed by atoms with Crippen LogP contribution in [0, 0.1) is 12.7 Å². The molecule has 0 atom stereocenters. The molecule has 0 heterocycles. The van der Waals surface area contributed by atoms with Gasteiger partial charge in [-0.15, -0.1) is 0 Å². The number of hydrogen-bond acceptors (Lipinski definition) is 1. The fourth-order valence-corrected chi connectivity index (χ4v) is 1.48. The molecule has 0 spiro atoms. The zero-order valence-electron chi connectivity index (χ0n) is 9.70. The van der Waals surface area contributed by atoms with E-state index in [2.05, 4.69) is 13.2 Å². The van der Waals surface area contributed by atoms with Gasteiger partial charge in [-0.25, -0.2) is 4.39 Å². The maximum absolute atomic E-state index is 13.7. The minimum absolute atomic E-state index is 0.240. The number of para-hydroxylation sites is 1. The average Bonchev–Trinajstić information content (AvgIpc) is 2.25. The first-order valence-corrected chi connectivity index (χ1v) is 5.04. The molecule has 0 radical (unpaired) electrons. The lowest BCUT2D eigenvalue weighted by Crippen LogP contribution is -2.16. The number of likely N-dealkylation sites (N-methyl/N-ethyl adjacent to an activating group) is 1. The van der Waals surface area contributed by atoms with Crippen LogP contribution in [0.15, 0.2) is 55.3 Å². The van der Waals surface area contributed by atoms with Gasteiger partial charge in [-0.05, 0) is 24.6 Å². The lowest BCUT2D eigenvalue weighted by molar-refractivity contribution is 0.625. The number of halogens is 1. The molecule has 0 aliphatic carbocycles. The maximum Gasteiger partial charge on any atom is 0.147 e. The second kappa shape index (κ2) is 5.31. The standard InChI is InChI=1S/C14H16FN/c1-5-6-9-12(3)16(4)14-11(2)8-7-10-13(14)15/h5-10H,1,3H2,2,4H3. The molecule has 2 heteroatoms. The maximum atomic E-state index is 13.7. The molecule has 0 N–H and O–H groups in total. The van der Waals surface area contributed by atoms with Crippen molar-refractivity contribution < 1.29 is 4.39 Å². The lowest BCUT2D eigenvalue weighted by atomic mass is 10.1. The predicted molar refractivity (Wildman–Crippen MR) is 68.0 cm³/mol. The summed E-state index contributed by atoms with van der Waals surface area (Å²) in [7, 11) is 1.79. The van der Waals surface area contributed by atoms with E-state index in [9.17, 15) is 4.39 Å². The lowest BCUT2D eigenvalue weighted by Gasteiger charge is -2.22. The summed E-state index contributed by atoms with van der Waals surface area (Å²) in [5.41, 5.74) is 2.16. The van der Waals surface area contributed by atoms with Gasteiger partial charge in [-0.2, -0.15) is 0 Å². The van der Waals surface area contributed by atoms with Gasteiger partial charge in [-0.3, -0.25) is 0 Å². The van der Waals surface area contributed by atoms with Gasteiger partial charge < -0.3 is 4.90 Å². The first-order valence-electron chi connectivity index (χ1n) is 5.04. The Balaban J connectivity index is 3.04. The normalized spacial score (nSPS) is 10.4. The minimum Gasteiger partial charge on any atom is -0.343 e. The molecule has 1 aromatic carbocycles. The van der Waals surface area contributed by atoms with Gasteiger partial charge in [0.15, 0.2) is 0 Å². The molecular formula is C14H16FN. The summed E-state index contributed by atoms with van der Waals surface area (Å²) in [6.07, 6.45) is 5.22. The smallest absolute Gasteiger partial charge is 0.147 e. The zero-order valence-corrected chi connectivity index (χ0v) is 9.70. The van der Waals surface area contributed by atoms with E-state index >= 15 is 0 Å². The predicted octanol–water partition coefficient (Wildman–Crippen LogP) is 3.83. The monoisotopic (exact) mass is 217 g/mol. The highest BCUT2D eigenvalue weighted by Crippen LogP contribution is 2.25. The number of allylic oxidation sites excluding steroid dienone is 3. The molecule has 0 unspecified atom stereocenters. The third kappa shape index (κ3) is 2.60. The molecule has 1 rings (SSSR count). The van der Waals surface area contributed by atoms with Crippen molar-refractivity contribution in [2.75, 3.05) is 11.9 Å². The number of aryl methyl sites for hydroxylation is 1. The van der Waals surface area contributed by atoms with Crippen LogP contribution in [0.1, 0.15) is 5.56 Å². The molecule has 0 fully saturated rings. The van der Waals surface area contributed by atoms with Gasteiger partial charge >= 0.3 is 0 Å². The van der Waals surface area contributed by atoms with Gasteiger partial charge in [0.25, 0.3) is 0 Å². The highest BCUT2D eigenvalue weighted by molar-refractivity contribution is 5.59. The molecular weight excluding hydrogens is 201 g/mol. The van der Waals surface area contributed by atoms with E-state index in [0.29, 0.717) is 11.4 Å². The summed E-state index contributed by atoms with van der Waals surface area (Å²) in [6, 6.07) is 5.02. The van der Waals surface area contributed by atoms with Gasteiger partial charge in [0.2, 0.25) is 0 Å². The van der Waals surface area contributed by atoms with Crippen LogP contribution in [0.3, 0.4) is 0 Å². The highest BCUT2D eigenvalue weighted by Gasteiger charge is 2.10. The van der Waals surface area contributed by atoms with Crippen LogP contribution in [0.4, 0.5) is 10.1 Å². The van der Waals surface area contributed by atoms with Crippen LogP contribution in [-0.2, 0) is 0 Å². The summed E-state index contributed by atoms with van der Waals surface area (Å²) in [6.45, 7) is 9.33.